The van der Waals surface area contributed by atoms with Crippen LogP contribution in [0.2, 0.25) is 0 Å². The van der Waals surface area contributed by atoms with Gasteiger partial charge in [0, 0.05) is 11.8 Å². The molecule has 2 aromatic heterocycles. The summed E-state index contributed by atoms with van der Waals surface area (Å²) in [6.07, 6.45) is 2.58. The summed E-state index contributed by atoms with van der Waals surface area (Å²) in [6, 6.07) is 9.81. The van der Waals surface area contributed by atoms with Crippen LogP contribution in [0, 0.1) is 0 Å². The fourth-order valence-corrected chi connectivity index (χ4v) is 1.67. The van der Waals surface area contributed by atoms with Gasteiger partial charge in [-0.25, -0.2) is 4.98 Å². The maximum atomic E-state index is 5.66. The molecular weight excluding hydrogens is 202 g/mol. The van der Waals surface area contributed by atoms with E-state index in [1.165, 1.54) is 0 Å². The van der Waals surface area contributed by atoms with Gasteiger partial charge in [0.1, 0.15) is 11.3 Å². The molecule has 0 saturated carbocycles. The van der Waals surface area contributed by atoms with E-state index in [0.29, 0.717) is 11.7 Å². The lowest BCUT2D eigenvalue weighted by Gasteiger charge is -1.87. The predicted octanol–water partition coefficient (Wildman–Crippen LogP) is 3.65. The van der Waals surface area contributed by atoms with E-state index in [1.54, 1.807) is 6.20 Å². The number of para-hydroxylation sites is 1. The number of benzene rings is 1. The van der Waals surface area contributed by atoms with E-state index in [0.717, 1.165) is 23.2 Å². The minimum atomic E-state index is 0.549. The van der Waals surface area contributed by atoms with Crippen molar-refractivity contribution in [2.24, 2.45) is 0 Å². The van der Waals surface area contributed by atoms with Gasteiger partial charge in [-0.05, 0) is 12.1 Å². The van der Waals surface area contributed by atoms with Gasteiger partial charge in [-0.1, -0.05) is 25.1 Å². The van der Waals surface area contributed by atoms with Crippen LogP contribution in [0.4, 0.5) is 0 Å². The first-order chi connectivity index (χ1) is 7.86. The van der Waals surface area contributed by atoms with Crippen molar-refractivity contribution in [2.75, 3.05) is 0 Å². The van der Waals surface area contributed by atoms with Crippen molar-refractivity contribution >= 4 is 11.0 Å². The zero-order chi connectivity index (χ0) is 11.0. The third-order valence-electron chi connectivity index (χ3n) is 2.54. The van der Waals surface area contributed by atoms with Crippen LogP contribution in [0.1, 0.15) is 12.7 Å². The molecule has 0 spiro atoms. The number of furan rings is 1. The Morgan fingerprint density at radius 3 is 2.81 bits per heavy atom. The Hall–Kier alpha value is -2.03. The summed E-state index contributed by atoms with van der Waals surface area (Å²) >= 11 is 0. The third kappa shape index (κ3) is 1.41. The Morgan fingerprint density at radius 2 is 2.06 bits per heavy atom. The first-order valence-electron chi connectivity index (χ1n) is 5.30. The predicted molar refractivity (Wildman–Crippen MR) is 61.1 cm³/mol. The summed E-state index contributed by atoms with van der Waals surface area (Å²) in [5.41, 5.74) is 0.855. The van der Waals surface area contributed by atoms with Crippen LogP contribution in [0.25, 0.3) is 22.6 Å². The summed E-state index contributed by atoms with van der Waals surface area (Å²) in [6.45, 7) is 2.03. The number of hydrogen-bond acceptors (Lipinski definition) is 3. The number of aryl methyl sites for hydroxylation is 1. The van der Waals surface area contributed by atoms with Crippen LogP contribution < -0.4 is 0 Å². The van der Waals surface area contributed by atoms with Gasteiger partial charge in [-0.2, -0.15) is 0 Å². The van der Waals surface area contributed by atoms with Gasteiger partial charge in [0.15, 0.2) is 5.76 Å². The molecule has 80 valence electrons. The summed E-state index contributed by atoms with van der Waals surface area (Å²) in [5.74, 6) is 2.10. The summed E-state index contributed by atoms with van der Waals surface area (Å²) in [4.78, 5) is 4.19. The van der Waals surface area contributed by atoms with Crippen molar-refractivity contribution in [3.8, 4) is 11.7 Å². The minimum absolute atomic E-state index is 0.549. The van der Waals surface area contributed by atoms with Gasteiger partial charge < -0.3 is 8.83 Å². The highest BCUT2D eigenvalue weighted by Crippen LogP contribution is 2.27. The van der Waals surface area contributed by atoms with Crippen LogP contribution in [0.15, 0.2) is 45.4 Å². The van der Waals surface area contributed by atoms with Gasteiger partial charge in [0.05, 0.1) is 6.20 Å². The van der Waals surface area contributed by atoms with Crippen molar-refractivity contribution in [3.05, 3.63) is 42.3 Å². The second-order valence-electron chi connectivity index (χ2n) is 3.63. The van der Waals surface area contributed by atoms with Crippen LogP contribution in [0.5, 0.6) is 0 Å². The average molecular weight is 213 g/mol. The smallest absolute Gasteiger partial charge is 0.263 e. The largest absolute Gasteiger partial charge is 0.451 e. The minimum Gasteiger partial charge on any atom is -0.451 e. The molecule has 2 heterocycles. The zero-order valence-corrected chi connectivity index (χ0v) is 8.93. The third-order valence-corrected chi connectivity index (χ3v) is 2.54. The highest BCUT2D eigenvalue weighted by atomic mass is 16.4. The molecule has 0 aliphatic rings. The second-order valence-corrected chi connectivity index (χ2v) is 3.63. The zero-order valence-electron chi connectivity index (χ0n) is 8.93. The van der Waals surface area contributed by atoms with Gasteiger partial charge in [0.25, 0.3) is 5.89 Å². The standard InChI is InChI=1S/C13H11NO2/c1-2-10-8-14-13(15-10)12-7-9-5-3-4-6-11(9)16-12/h3-8H,2H2,1H3. The monoisotopic (exact) mass is 213 g/mol. The van der Waals surface area contributed by atoms with Crippen LogP contribution >= 0.6 is 0 Å². The summed E-state index contributed by atoms with van der Waals surface area (Å²) in [7, 11) is 0. The average Bonchev–Trinajstić information content (AvgIpc) is 2.95. The first kappa shape index (κ1) is 9.21. The van der Waals surface area contributed by atoms with E-state index in [-0.39, 0.29) is 0 Å². The van der Waals surface area contributed by atoms with Crippen molar-refractivity contribution in [3.63, 3.8) is 0 Å². The Morgan fingerprint density at radius 1 is 1.19 bits per heavy atom. The van der Waals surface area contributed by atoms with Gasteiger partial charge in [-0.15, -0.1) is 0 Å². The number of oxazole rings is 1. The van der Waals surface area contributed by atoms with Crippen molar-refractivity contribution in [1.82, 2.24) is 4.98 Å². The molecular formula is C13H11NO2. The summed E-state index contributed by atoms with van der Waals surface area (Å²) < 4.78 is 11.2. The lowest BCUT2D eigenvalue weighted by molar-refractivity contribution is 0.500. The Labute approximate surface area is 92.7 Å². The van der Waals surface area contributed by atoms with Crippen molar-refractivity contribution in [1.29, 1.82) is 0 Å². The topological polar surface area (TPSA) is 39.2 Å². The van der Waals surface area contributed by atoms with E-state index in [2.05, 4.69) is 4.98 Å². The molecule has 0 aliphatic carbocycles. The molecule has 1 aromatic carbocycles. The lowest BCUT2D eigenvalue weighted by Crippen LogP contribution is -1.70. The van der Waals surface area contributed by atoms with Crippen LogP contribution in [0.3, 0.4) is 0 Å². The quantitative estimate of drug-likeness (QED) is 0.652. The highest BCUT2D eigenvalue weighted by Gasteiger charge is 2.10. The van der Waals surface area contributed by atoms with Crippen molar-refractivity contribution < 1.29 is 8.83 Å². The Balaban J connectivity index is 2.11. The van der Waals surface area contributed by atoms with Crippen LogP contribution in [-0.2, 0) is 6.42 Å². The number of nitrogens with zero attached hydrogens (tertiary/aromatic N) is 1. The maximum Gasteiger partial charge on any atom is 0.263 e. The van der Waals surface area contributed by atoms with Gasteiger partial charge in [0.2, 0.25) is 0 Å². The van der Waals surface area contributed by atoms with E-state index in [1.807, 2.05) is 37.3 Å². The Kier molecular flexibility index (Phi) is 2.03. The van der Waals surface area contributed by atoms with E-state index >= 15 is 0 Å². The molecule has 0 atom stereocenters. The van der Waals surface area contributed by atoms with Gasteiger partial charge in [-0.3, -0.25) is 0 Å². The molecule has 0 fully saturated rings. The first-order valence-corrected chi connectivity index (χ1v) is 5.30. The molecule has 16 heavy (non-hydrogen) atoms. The number of rotatable bonds is 2. The number of fused-ring (bicyclic) bond motifs is 1. The molecule has 0 amide bonds. The highest BCUT2D eigenvalue weighted by molar-refractivity contribution is 5.81. The van der Waals surface area contributed by atoms with Gasteiger partial charge >= 0.3 is 0 Å². The normalized spacial score (nSPS) is 11.1. The second kappa shape index (κ2) is 3.52. The molecule has 0 N–H and O–H groups in total. The molecule has 3 heteroatoms. The molecule has 0 bridgehead atoms. The molecule has 0 unspecified atom stereocenters. The SMILES string of the molecule is CCc1cnc(-c2cc3ccccc3o2)o1. The molecule has 3 aromatic rings. The van der Waals surface area contributed by atoms with E-state index in [9.17, 15) is 0 Å². The molecule has 0 saturated heterocycles. The molecule has 3 nitrogen and oxygen atoms in total. The Bertz CT molecular complexity index is 588. The fraction of sp³-hybridized carbons (Fsp3) is 0.154. The molecule has 3 rings (SSSR count). The molecule has 0 aliphatic heterocycles. The van der Waals surface area contributed by atoms with Crippen molar-refractivity contribution in [2.45, 2.75) is 13.3 Å². The molecule has 0 radical (unpaired) electrons. The summed E-state index contributed by atoms with van der Waals surface area (Å²) in [5, 5.41) is 1.06. The number of hydrogen-bond donors (Lipinski definition) is 0. The van der Waals surface area contributed by atoms with E-state index in [4.69, 9.17) is 8.83 Å². The van der Waals surface area contributed by atoms with E-state index < -0.39 is 0 Å². The number of aromatic nitrogens is 1. The fourth-order valence-electron chi connectivity index (χ4n) is 1.67. The maximum absolute atomic E-state index is 5.66. The lowest BCUT2D eigenvalue weighted by atomic mass is 10.2. The van der Waals surface area contributed by atoms with Crippen LogP contribution in [-0.4, -0.2) is 4.98 Å².